The third-order valence-corrected chi connectivity index (χ3v) is 5.11. The summed E-state index contributed by atoms with van der Waals surface area (Å²) >= 11 is 12.0. The number of hydrogen-bond acceptors (Lipinski definition) is 5. The number of carbonyl (C=O) groups excluding carboxylic acids is 1. The van der Waals surface area contributed by atoms with Gasteiger partial charge in [-0.25, -0.2) is 4.39 Å². The van der Waals surface area contributed by atoms with Crippen molar-refractivity contribution in [2.45, 2.75) is 6.54 Å². The molecule has 0 N–H and O–H groups in total. The smallest absolute Gasteiger partial charge is 0.258 e. The second-order valence-corrected chi connectivity index (χ2v) is 7.63. The molecule has 150 valence electrons. The van der Waals surface area contributed by atoms with E-state index in [-0.39, 0.29) is 17.6 Å². The maximum Gasteiger partial charge on any atom is 0.258 e. The molecule has 0 aliphatic carbocycles. The van der Waals surface area contributed by atoms with Gasteiger partial charge in [0, 0.05) is 47.4 Å². The van der Waals surface area contributed by atoms with Crippen LogP contribution in [-0.2, 0) is 6.54 Å². The zero-order valence-corrected chi connectivity index (χ0v) is 16.8. The van der Waals surface area contributed by atoms with Crippen molar-refractivity contribution in [1.29, 1.82) is 0 Å². The second kappa shape index (κ2) is 8.49. The molecule has 0 bridgehead atoms. The number of aromatic nitrogens is 2. The molecule has 2 heterocycles. The highest BCUT2D eigenvalue weighted by molar-refractivity contribution is 6.35. The molecule has 4 rings (SSSR count). The van der Waals surface area contributed by atoms with E-state index >= 15 is 0 Å². The highest BCUT2D eigenvalue weighted by atomic mass is 35.5. The lowest BCUT2D eigenvalue weighted by Gasteiger charge is -2.34. The molecular formula is C20H17Cl2FN4O2. The Bertz CT molecular complexity index is 1010. The maximum atomic E-state index is 13.4. The zero-order valence-electron chi connectivity index (χ0n) is 15.3. The van der Waals surface area contributed by atoms with Crippen LogP contribution in [0, 0.1) is 5.82 Å². The molecule has 1 fully saturated rings. The molecule has 1 saturated heterocycles. The highest BCUT2D eigenvalue weighted by Crippen LogP contribution is 2.21. The van der Waals surface area contributed by atoms with Gasteiger partial charge in [0.2, 0.25) is 0 Å². The fourth-order valence-electron chi connectivity index (χ4n) is 3.23. The third-order valence-electron chi connectivity index (χ3n) is 4.67. The second-order valence-electron chi connectivity index (χ2n) is 6.75. The third kappa shape index (κ3) is 4.75. The minimum atomic E-state index is -0.357. The summed E-state index contributed by atoms with van der Waals surface area (Å²) in [5.41, 5.74) is 1.02. The van der Waals surface area contributed by atoms with Gasteiger partial charge in [-0.1, -0.05) is 34.4 Å². The molecule has 0 atom stereocenters. The average molecular weight is 435 g/mol. The molecule has 0 unspecified atom stereocenters. The van der Waals surface area contributed by atoms with Gasteiger partial charge in [0.25, 0.3) is 11.8 Å². The quantitative estimate of drug-likeness (QED) is 0.617. The molecule has 2 aromatic carbocycles. The predicted molar refractivity (Wildman–Crippen MR) is 107 cm³/mol. The van der Waals surface area contributed by atoms with Crippen molar-refractivity contribution in [3.8, 4) is 11.5 Å². The van der Waals surface area contributed by atoms with Gasteiger partial charge in [0.15, 0.2) is 5.82 Å². The van der Waals surface area contributed by atoms with Gasteiger partial charge >= 0.3 is 0 Å². The van der Waals surface area contributed by atoms with E-state index in [2.05, 4.69) is 15.0 Å². The van der Waals surface area contributed by atoms with Crippen LogP contribution in [0.15, 0.2) is 47.0 Å². The minimum absolute atomic E-state index is 0.0954. The Morgan fingerprint density at radius 1 is 1.07 bits per heavy atom. The van der Waals surface area contributed by atoms with E-state index in [1.807, 2.05) is 0 Å². The number of rotatable bonds is 4. The van der Waals surface area contributed by atoms with Gasteiger partial charge in [-0.05, 0) is 36.4 Å². The molecule has 9 heteroatoms. The summed E-state index contributed by atoms with van der Waals surface area (Å²) in [6.07, 6.45) is 0. The van der Waals surface area contributed by atoms with Crippen molar-refractivity contribution in [2.75, 3.05) is 26.2 Å². The largest absolute Gasteiger partial charge is 0.336 e. The Hall–Kier alpha value is -2.48. The first kappa shape index (κ1) is 19.8. The minimum Gasteiger partial charge on any atom is -0.336 e. The highest BCUT2D eigenvalue weighted by Gasteiger charge is 2.24. The number of nitrogens with zero attached hydrogens (tertiary/aromatic N) is 4. The Morgan fingerprint density at radius 2 is 1.79 bits per heavy atom. The van der Waals surface area contributed by atoms with E-state index in [4.69, 9.17) is 27.7 Å². The summed E-state index contributed by atoms with van der Waals surface area (Å²) in [5.74, 6) is 0.350. The van der Waals surface area contributed by atoms with Crippen LogP contribution in [-0.4, -0.2) is 52.0 Å². The summed E-state index contributed by atoms with van der Waals surface area (Å²) in [7, 11) is 0. The molecular weight excluding hydrogens is 418 g/mol. The Kier molecular flexibility index (Phi) is 5.80. The van der Waals surface area contributed by atoms with Crippen molar-refractivity contribution in [3.05, 3.63) is 69.7 Å². The fraction of sp³-hybridized carbons (Fsp3) is 0.250. The van der Waals surface area contributed by atoms with Gasteiger partial charge in [-0.3, -0.25) is 9.69 Å². The topological polar surface area (TPSA) is 62.5 Å². The average Bonchev–Trinajstić information content (AvgIpc) is 3.16. The van der Waals surface area contributed by atoms with Gasteiger partial charge in [0.1, 0.15) is 5.82 Å². The van der Waals surface area contributed by atoms with Crippen LogP contribution in [0.4, 0.5) is 4.39 Å². The van der Waals surface area contributed by atoms with Crippen LogP contribution < -0.4 is 0 Å². The summed E-state index contributed by atoms with van der Waals surface area (Å²) in [4.78, 5) is 20.9. The van der Waals surface area contributed by atoms with Gasteiger partial charge in [-0.2, -0.15) is 4.98 Å². The number of hydrogen-bond donors (Lipinski definition) is 0. The number of benzene rings is 2. The van der Waals surface area contributed by atoms with E-state index in [1.165, 1.54) is 12.1 Å². The fourth-order valence-corrected chi connectivity index (χ4v) is 3.75. The summed E-state index contributed by atoms with van der Waals surface area (Å²) in [6.45, 7) is 2.97. The monoisotopic (exact) mass is 434 g/mol. The van der Waals surface area contributed by atoms with Crippen molar-refractivity contribution in [2.24, 2.45) is 0 Å². The number of amides is 1. The Labute approximate surface area is 176 Å². The normalized spacial score (nSPS) is 14.9. The lowest BCUT2D eigenvalue weighted by Crippen LogP contribution is -2.48. The molecule has 3 aromatic rings. The zero-order chi connectivity index (χ0) is 20.4. The van der Waals surface area contributed by atoms with E-state index < -0.39 is 0 Å². The van der Waals surface area contributed by atoms with Gasteiger partial charge in [0.05, 0.1) is 6.54 Å². The van der Waals surface area contributed by atoms with E-state index in [0.717, 1.165) is 0 Å². The van der Waals surface area contributed by atoms with Crippen molar-refractivity contribution >= 4 is 29.1 Å². The van der Waals surface area contributed by atoms with Crippen molar-refractivity contribution < 1.29 is 13.7 Å². The molecule has 1 aromatic heterocycles. The molecule has 0 spiro atoms. The molecule has 29 heavy (non-hydrogen) atoms. The molecule has 6 nitrogen and oxygen atoms in total. The van der Waals surface area contributed by atoms with Crippen LogP contribution in [0.1, 0.15) is 16.2 Å². The SMILES string of the molecule is O=C(c1cc(Cl)cc(Cl)c1)N1CCN(Cc2noc(-c3cccc(F)c3)n2)CC1. The van der Waals surface area contributed by atoms with Crippen LogP contribution in [0.2, 0.25) is 10.0 Å². The van der Waals surface area contributed by atoms with Crippen molar-refractivity contribution in [3.63, 3.8) is 0 Å². The van der Waals surface area contributed by atoms with Crippen LogP contribution in [0.3, 0.4) is 0 Å². The van der Waals surface area contributed by atoms with Crippen LogP contribution in [0.5, 0.6) is 0 Å². The number of piperazine rings is 1. The van der Waals surface area contributed by atoms with E-state index in [1.54, 1.807) is 35.2 Å². The number of halogens is 3. The lowest BCUT2D eigenvalue weighted by atomic mass is 10.2. The maximum absolute atomic E-state index is 13.4. The molecule has 0 radical (unpaired) electrons. The first-order valence-corrected chi connectivity index (χ1v) is 9.80. The van der Waals surface area contributed by atoms with Gasteiger partial charge in [-0.15, -0.1) is 0 Å². The van der Waals surface area contributed by atoms with Crippen LogP contribution >= 0.6 is 23.2 Å². The van der Waals surface area contributed by atoms with Gasteiger partial charge < -0.3 is 9.42 Å². The first-order valence-electron chi connectivity index (χ1n) is 9.04. The summed E-state index contributed by atoms with van der Waals surface area (Å²) in [5, 5.41) is 4.85. The first-order chi connectivity index (χ1) is 14.0. The van der Waals surface area contributed by atoms with E-state index in [9.17, 15) is 9.18 Å². The summed E-state index contributed by atoms with van der Waals surface area (Å²) < 4.78 is 18.6. The predicted octanol–water partition coefficient (Wildman–Crippen LogP) is 4.14. The molecule has 1 amide bonds. The molecule has 0 saturated carbocycles. The summed E-state index contributed by atoms with van der Waals surface area (Å²) in [6, 6.07) is 10.9. The van der Waals surface area contributed by atoms with Crippen molar-refractivity contribution in [1.82, 2.24) is 19.9 Å². The Balaban J connectivity index is 1.35. The van der Waals surface area contributed by atoms with Crippen LogP contribution in [0.25, 0.3) is 11.5 Å². The Morgan fingerprint density at radius 3 is 2.48 bits per heavy atom. The molecule has 1 aliphatic rings. The lowest BCUT2D eigenvalue weighted by molar-refractivity contribution is 0.0624. The van der Waals surface area contributed by atoms with E-state index in [0.29, 0.717) is 59.7 Å². The molecule has 1 aliphatic heterocycles. The number of carbonyl (C=O) groups is 1. The standard InChI is InChI=1S/C20H17Cl2FN4O2/c21-15-8-14(9-16(22)11-15)20(28)27-6-4-26(5-7-27)12-18-24-19(29-25-18)13-2-1-3-17(23)10-13/h1-3,8-11H,4-7,12H2.